The number of benzene rings is 1. The van der Waals surface area contributed by atoms with E-state index in [0.29, 0.717) is 5.56 Å². The van der Waals surface area contributed by atoms with Crippen LogP contribution in [0.4, 0.5) is 4.79 Å². The van der Waals surface area contributed by atoms with Gasteiger partial charge in [0, 0.05) is 0 Å². The maximum absolute atomic E-state index is 11.6. The molecule has 0 aromatic heterocycles. The maximum Gasteiger partial charge on any atom is 0.408 e. The number of aliphatic carboxylic acids is 1. The summed E-state index contributed by atoms with van der Waals surface area (Å²) in [5.41, 5.74) is 0.422. The second-order valence-electron chi connectivity index (χ2n) is 6.24. The lowest BCUT2D eigenvalue weighted by molar-refractivity contribution is -0.141. The van der Waals surface area contributed by atoms with Crippen LogP contribution in [0.1, 0.15) is 36.7 Å². The fraction of sp³-hybridized carbons (Fsp3) is 0.471. The number of esters is 1. The zero-order valence-electron chi connectivity index (χ0n) is 14.7. The number of amides is 1. The van der Waals surface area contributed by atoms with Crippen molar-refractivity contribution >= 4 is 18.0 Å². The molecule has 138 valence electrons. The highest BCUT2D eigenvalue weighted by molar-refractivity contribution is 5.89. The van der Waals surface area contributed by atoms with Gasteiger partial charge in [0.1, 0.15) is 5.60 Å². The van der Waals surface area contributed by atoms with E-state index in [1.165, 1.54) is 7.11 Å². The van der Waals surface area contributed by atoms with Gasteiger partial charge in [-0.25, -0.2) is 14.4 Å². The molecule has 0 spiro atoms. The van der Waals surface area contributed by atoms with Gasteiger partial charge < -0.3 is 24.6 Å². The molecule has 0 heterocycles. The third-order valence-electron chi connectivity index (χ3n) is 2.92. The van der Waals surface area contributed by atoms with Crippen molar-refractivity contribution in [2.75, 3.05) is 13.7 Å². The highest BCUT2D eigenvalue weighted by atomic mass is 16.6. The fourth-order valence-electron chi connectivity index (χ4n) is 1.77. The third-order valence-corrected chi connectivity index (χ3v) is 2.92. The first-order valence-corrected chi connectivity index (χ1v) is 7.59. The standard InChI is InChI=1S/C17H23NO7/c1-17(2,3)25-16(22)18-13(14(19)20)10-24-9-11-5-7-12(8-6-11)15(21)23-4/h5-8,13H,9-10H2,1-4H3,(H,18,22)(H,19,20)/t13-/m0/s1. The fourth-order valence-corrected chi connectivity index (χ4v) is 1.77. The first kappa shape index (κ1) is 20.4. The molecule has 0 unspecified atom stereocenters. The summed E-state index contributed by atoms with van der Waals surface area (Å²) in [4.78, 5) is 34.2. The number of carboxylic acids is 1. The van der Waals surface area contributed by atoms with Crippen molar-refractivity contribution in [1.29, 1.82) is 0 Å². The highest BCUT2D eigenvalue weighted by Gasteiger charge is 2.24. The van der Waals surface area contributed by atoms with Crippen LogP contribution in [-0.2, 0) is 25.6 Å². The average molecular weight is 353 g/mol. The Balaban J connectivity index is 2.51. The minimum Gasteiger partial charge on any atom is -0.480 e. The van der Waals surface area contributed by atoms with Gasteiger partial charge in [0.15, 0.2) is 6.04 Å². The second kappa shape index (κ2) is 9.03. The van der Waals surface area contributed by atoms with E-state index in [1.54, 1.807) is 45.0 Å². The SMILES string of the molecule is COC(=O)c1ccc(COC[C@H](NC(=O)OC(C)(C)C)C(=O)O)cc1. The molecule has 0 saturated carbocycles. The van der Waals surface area contributed by atoms with Crippen LogP contribution in [0.25, 0.3) is 0 Å². The maximum atomic E-state index is 11.6. The van der Waals surface area contributed by atoms with E-state index in [2.05, 4.69) is 10.1 Å². The van der Waals surface area contributed by atoms with E-state index >= 15 is 0 Å². The minimum atomic E-state index is -1.23. The molecule has 2 N–H and O–H groups in total. The van der Waals surface area contributed by atoms with Crippen LogP contribution in [0, 0.1) is 0 Å². The van der Waals surface area contributed by atoms with Gasteiger partial charge in [0.05, 0.1) is 25.9 Å². The van der Waals surface area contributed by atoms with Gasteiger partial charge in [-0.05, 0) is 38.5 Å². The van der Waals surface area contributed by atoms with Gasteiger partial charge in [0.2, 0.25) is 0 Å². The monoisotopic (exact) mass is 353 g/mol. The number of hydrogen-bond acceptors (Lipinski definition) is 6. The van der Waals surface area contributed by atoms with Gasteiger partial charge in [-0.15, -0.1) is 0 Å². The Hall–Kier alpha value is -2.61. The van der Waals surface area contributed by atoms with Crippen LogP contribution in [-0.4, -0.2) is 48.5 Å². The molecule has 0 saturated heterocycles. The zero-order chi connectivity index (χ0) is 19.0. The average Bonchev–Trinajstić information content (AvgIpc) is 2.52. The van der Waals surface area contributed by atoms with Crippen molar-refractivity contribution in [2.45, 2.75) is 39.0 Å². The topological polar surface area (TPSA) is 111 Å². The summed E-state index contributed by atoms with van der Waals surface area (Å²) in [5.74, 6) is -1.67. The zero-order valence-corrected chi connectivity index (χ0v) is 14.7. The number of ether oxygens (including phenoxy) is 3. The summed E-state index contributed by atoms with van der Waals surface area (Å²) in [6.07, 6.45) is -0.828. The molecule has 25 heavy (non-hydrogen) atoms. The summed E-state index contributed by atoms with van der Waals surface area (Å²) in [6, 6.07) is 5.27. The molecule has 0 aliphatic carbocycles. The molecule has 1 aromatic rings. The van der Waals surface area contributed by atoms with Crippen molar-refractivity contribution in [3.05, 3.63) is 35.4 Å². The van der Waals surface area contributed by atoms with Crippen LogP contribution in [0.2, 0.25) is 0 Å². The van der Waals surface area contributed by atoms with Crippen molar-refractivity contribution < 1.29 is 33.7 Å². The normalized spacial score (nSPS) is 12.2. The molecule has 1 atom stereocenters. The number of rotatable bonds is 7. The smallest absolute Gasteiger partial charge is 0.408 e. The number of carbonyl (C=O) groups is 3. The Labute approximate surface area is 146 Å². The van der Waals surface area contributed by atoms with E-state index in [4.69, 9.17) is 14.6 Å². The predicted molar refractivity (Wildman–Crippen MR) is 88.2 cm³/mol. The summed E-state index contributed by atoms with van der Waals surface area (Å²) < 4.78 is 14.9. The molecule has 0 bridgehead atoms. The van der Waals surface area contributed by atoms with Crippen LogP contribution < -0.4 is 5.32 Å². The molecule has 8 nitrogen and oxygen atoms in total. The van der Waals surface area contributed by atoms with Crippen LogP contribution in [0.5, 0.6) is 0 Å². The van der Waals surface area contributed by atoms with Gasteiger partial charge in [-0.2, -0.15) is 0 Å². The second-order valence-corrected chi connectivity index (χ2v) is 6.24. The van der Waals surface area contributed by atoms with Crippen LogP contribution in [0.3, 0.4) is 0 Å². The summed E-state index contributed by atoms with van der Waals surface area (Å²) in [6.45, 7) is 4.93. The predicted octanol–water partition coefficient (Wildman–Crippen LogP) is 1.97. The van der Waals surface area contributed by atoms with E-state index in [0.717, 1.165) is 5.56 Å². The lowest BCUT2D eigenvalue weighted by atomic mass is 10.1. The lowest BCUT2D eigenvalue weighted by Crippen LogP contribution is -2.46. The Bertz CT molecular complexity index is 604. The molecule has 1 rings (SSSR count). The number of hydrogen-bond donors (Lipinski definition) is 2. The molecular formula is C17H23NO7. The first-order chi connectivity index (χ1) is 11.6. The Morgan fingerprint density at radius 2 is 1.76 bits per heavy atom. The number of nitrogens with one attached hydrogen (secondary N) is 1. The molecule has 0 fully saturated rings. The molecular weight excluding hydrogens is 330 g/mol. The van der Waals surface area contributed by atoms with E-state index < -0.39 is 29.7 Å². The van der Waals surface area contributed by atoms with Gasteiger partial charge in [-0.3, -0.25) is 0 Å². The number of carboxylic acid groups (broad SMARTS) is 1. The minimum absolute atomic E-state index is 0.126. The summed E-state index contributed by atoms with van der Waals surface area (Å²) in [5, 5.41) is 11.4. The first-order valence-electron chi connectivity index (χ1n) is 7.59. The van der Waals surface area contributed by atoms with Gasteiger partial charge >= 0.3 is 18.0 Å². The molecule has 1 amide bonds. The molecule has 1 aromatic carbocycles. The van der Waals surface area contributed by atoms with Crippen molar-refractivity contribution in [2.24, 2.45) is 0 Å². The van der Waals surface area contributed by atoms with Gasteiger partial charge in [0.25, 0.3) is 0 Å². The number of alkyl carbamates (subject to hydrolysis) is 1. The molecule has 0 aliphatic heterocycles. The largest absolute Gasteiger partial charge is 0.480 e. The van der Waals surface area contributed by atoms with Crippen LogP contribution in [0.15, 0.2) is 24.3 Å². The number of carbonyl (C=O) groups excluding carboxylic acids is 2. The third kappa shape index (κ3) is 7.67. The van der Waals surface area contributed by atoms with Crippen molar-refractivity contribution in [3.8, 4) is 0 Å². The van der Waals surface area contributed by atoms with Gasteiger partial charge in [-0.1, -0.05) is 12.1 Å². The Kier molecular flexibility index (Phi) is 7.38. The van der Waals surface area contributed by atoms with Crippen LogP contribution >= 0.6 is 0 Å². The Morgan fingerprint density at radius 3 is 2.24 bits per heavy atom. The lowest BCUT2D eigenvalue weighted by Gasteiger charge is -2.22. The highest BCUT2D eigenvalue weighted by Crippen LogP contribution is 2.08. The van der Waals surface area contributed by atoms with E-state index in [1.807, 2.05) is 0 Å². The van der Waals surface area contributed by atoms with Crippen molar-refractivity contribution in [3.63, 3.8) is 0 Å². The molecule has 0 aliphatic rings. The summed E-state index contributed by atoms with van der Waals surface area (Å²) in [7, 11) is 1.29. The number of methoxy groups -OCH3 is 1. The molecule has 0 radical (unpaired) electrons. The Morgan fingerprint density at radius 1 is 1.16 bits per heavy atom. The summed E-state index contributed by atoms with van der Waals surface area (Å²) >= 11 is 0. The van der Waals surface area contributed by atoms with E-state index in [9.17, 15) is 14.4 Å². The van der Waals surface area contributed by atoms with Crippen molar-refractivity contribution in [1.82, 2.24) is 5.32 Å². The molecule has 8 heteroatoms. The van der Waals surface area contributed by atoms with E-state index in [-0.39, 0.29) is 13.2 Å². The quantitative estimate of drug-likeness (QED) is 0.721.